The second kappa shape index (κ2) is 9.29. The number of carbonyl (C=O) groups is 1. The molecule has 4 nitrogen and oxygen atoms in total. The van der Waals surface area contributed by atoms with Crippen molar-refractivity contribution in [3.05, 3.63) is 70.7 Å². The summed E-state index contributed by atoms with van der Waals surface area (Å²) >= 11 is 6.28. The van der Waals surface area contributed by atoms with Crippen LogP contribution in [0.2, 0.25) is 5.02 Å². The van der Waals surface area contributed by atoms with Gasteiger partial charge in [0.25, 0.3) is 0 Å². The monoisotopic (exact) mass is 411 g/mol. The van der Waals surface area contributed by atoms with Crippen LogP contribution in [0.3, 0.4) is 0 Å². The van der Waals surface area contributed by atoms with Gasteiger partial charge in [0.05, 0.1) is 0 Å². The van der Waals surface area contributed by atoms with Crippen molar-refractivity contribution in [2.24, 2.45) is 5.92 Å². The van der Waals surface area contributed by atoms with Crippen LogP contribution >= 0.6 is 11.6 Å². The number of nitrogens with one attached hydrogen (secondary N) is 1. The summed E-state index contributed by atoms with van der Waals surface area (Å²) in [7, 11) is 2.19. The van der Waals surface area contributed by atoms with E-state index in [9.17, 15) is 4.79 Å². The molecule has 2 aliphatic rings. The first kappa shape index (κ1) is 20.4. The smallest absolute Gasteiger partial charge is 0.223 e. The summed E-state index contributed by atoms with van der Waals surface area (Å²) in [4.78, 5) is 17.5. The highest BCUT2D eigenvalue weighted by molar-refractivity contribution is 6.31. The lowest BCUT2D eigenvalue weighted by molar-refractivity contribution is -0.122. The Bertz CT molecular complexity index is 828. The summed E-state index contributed by atoms with van der Waals surface area (Å²) in [6.07, 6.45) is 1.88. The van der Waals surface area contributed by atoms with Gasteiger partial charge in [-0.15, -0.1) is 0 Å². The molecule has 1 amide bonds. The highest BCUT2D eigenvalue weighted by atomic mass is 35.5. The van der Waals surface area contributed by atoms with Crippen molar-refractivity contribution in [1.29, 1.82) is 0 Å². The molecule has 1 aliphatic carbocycles. The van der Waals surface area contributed by atoms with Crippen LogP contribution in [0.1, 0.15) is 35.9 Å². The first-order valence-electron chi connectivity index (χ1n) is 10.6. The van der Waals surface area contributed by atoms with Gasteiger partial charge in [0.1, 0.15) is 0 Å². The third-order valence-corrected chi connectivity index (χ3v) is 6.58. The number of piperazine rings is 1. The fourth-order valence-corrected chi connectivity index (χ4v) is 4.72. The molecule has 2 aromatic rings. The van der Waals surface area contributed by atoms with Crippen molar-refractivity contribution in [3.63, 3.8) is 0 Å². The molecule has 1 N–H and O–H groups in total. The maximum Gasteiger partial charge on any atom is 0.223 e. The van der Waals surface area contributed by atoms with Crippen molar-refractivity contribution in [2.75, 3.05) is 39.8 Å². The number of amides is 1. The summed E-state index contributed by atoms with van der Waals surface area (Å²) in [6, 6.07) is 19.1. The molecular weight excluding hydrogens is 382 g/mol. The number of nitrogens with zero attached hydrogens (tertiary/aromatic N) is 2. The Balaban J connectivity index is 1.24. The first-order chi connectivity index (χ1) is 14.1. The van der Waals surface area contributed by atoms with E-state index in [2.05, 4.69) is 52.5 Å². The van der Waals surface area contributed by atoms with Gasteiger partial charge in [-0.1, -0.05) is 60.1 Å². The maximum absolute atomic E-state index is 12.5. The molecule has 3 unspecified atom stereocenters. The van der Waals surface area contributed by atoms with Gasteiger partial charge < -0.3 is 10.2 Å². The standard InChI is InChI=1S/C24H30ClN3O/c1-27-14-15-28(23(17-27)18-8-3-2-4-9-18)13-7-12-26-24(29)21-16-20(21)19-10-5-6-11-22(19)25/h2-6,8-11,20-21,23H,7,12-17H2,1H3,(H,26,29). The van der Waals surface area contributed by atoms with E-state index in [1.54, 1.807) is 0 Å². The van der Waals surface area contributed by atoms with Crippen LogP contribution in [0.25, 0.3) is 0 Å². The van der Waals surface area contributed by atoms with E-state index < -0.39 is 0 Å². The second-order valence-electron chi connectivity index (χ2n) is 8.34. The number of likely N-dealkylation sites (N-methyl/N-ethyl adjacent to an activating group) is 1. The van der Waals surface area contributed by atoms with Gasteiger partial charge in [-0.05, 0) is 43.0 Å². The highest BCUT2D eigenvalue weighted by Crippen LogP contribution is 2.49. The van der Waals surface area contributed by atoms with E-state index in [-0.39, 0.29) is 17.7 Å². The summed E-state index contributed by atoms with van der Waals surface area (Å²) in [5.41, 5.74) is 2.49. The summed E-state index contributed by atoms with van der Waals surface area (Å²) in [6.45, 7) is 4.96. The minimum atomic E-state index is 0.0793. The molecule has 3 atom stereocenters. The number of carbonyl (C=O) groups excluding carboxylic acids is 1. The zero-order valence-electron chi connectivity index (χ0n) is 17.1. The van der Waals surface area contributed by atoms with E-state index in [1.807, 2.05) is 24.3 Å². The topological polar surface area (TPSA) is 35.6 Å². The molecule has 2 fully saturated rings. The van der Waals surface area contributed by atoms with Crippen LogP contribution in [-0.4, -0.2) is 55.5 Å². The van der Waals surface area contributed by atoms with E-state index in [0.29, 0.717) is 6.04 Å². The molecule has 0 bridgehead atoms. The Kier molecular flexibility index (Phi) is 6.53. The molecule has 154 valence electrons. The van der Waals surface area contributed by atoms with Crippen LogP contribution in [0, 0.1) is 5.92 Å². The van der Waals surface area contributed by atoms with Crippen LogP contribution in [0.5, 0.6) is 0 Å². The van der Waals surface area contributed by atoms with Crippen LogP contribution in [-0.2, 0) is 4.79 Å². The zero-order valence-corrected chi connectivity index (χ0v) is 17.8. The van der Waals surface area contributed by atoms with Crippen molar-refractivity contribution < 1.29 is 4.79 Å². The molecule has 5 heteroatoms. The number of hydrogen-bond donors (Lipinski definition) is 1. The van der Waals surface area contributed by atoms with Crippen LogP contribution in [0.4, 0.5) is 0 Å². The molecule has 0 aromatic heterocycles. The summed E-state index contributed by atoms with van der Waals surface area (Å²) in [5, 5.41) is 3.92. The van der Waals surface area contributed by atoms with Crippen LogP contribution in [0.15, 0.2) is 54.6 Å². The van der Waals surface area contributed by atoms with Crippen LogP contribution < -0.4 is 5.32 Å². The van der Waals surface area contributed by atoms with Gasteiger partial charge >= 0.3 is 0 Å². The fourth-order valence-electron chi connectivity index (χ4n) is 4.45. The highest BCUT2D eigenvalue weighted by Gasteiger charge is 2.44. The molecular formula is C24H30ClN3O. The Hall–Kier alpha value is -1.88. The molecule has 2 aromatic carbocycles. The maximum atomic E-state index is 12.5. The van der Waals surface area contributed by atoms with E-state index in [1.165, 1.54) is 5.56 Å². The van der Waals surface area contributed by atoms with E-state index in [4.69, 9.17) is 11.6 Å². The molecule has 1 saturated carbocycles. The van der Waals surface area contributed by atoms with Gasteiger partial charge in [0.2, 0.25) is 5.91 Å². The van der Waals surface area contributed by atoms with Gasteiger partial charge in [-0.2, -0.15) is 0 Å². The largest absolute Gasteiger partial charge is 0.356 e. The van der Waals surface area contributed by atoms with Crippen molar-refractivity contribution >= 4 is 17.5 Å². The van der Waals surface area contributed by atoms with Crippen molar-refractivity contribution in [1.82, 2.24) is 15.1 Å². The zero-order chi connectivity index (χ0) is 20.2. The minimum absolute atomic E-state index is 0.0793. The average molecular weight is 412 g/mol. The lowest BCUT2D eigenvalue weighted by Gasteiger charge is -2.40. The average Bonchev–Trinajstić information content (AvgIpc) is 3.53. The SMILES string of the molecule is CN1CCN(CCCNC(=O)C2CC2c2ccccc2Cl)C(c2ccccc2)C1. The number of hydrogen-bond acceptors (Lipinski definition) is 3. The first-order valence-corrected chi connectivity index (χ1v) is 11.0. The molecule has 0 radical (unpaired) electrons. The number of halogens is 1. The quantitative estimate of drug-likeness (QED) is 0.701. The summed E-state index contributed by atoms with van der Waals surface area (Å²) < 4.78 is 0. The third-order valence-electron chi connectivity index (χ3n) is 6.23. The lowest BCUT2D eigenvalue weighted by atomic mass is 10.0. The Morgan fingerprint density at radius 3 is 2.66 bits per heavy atom. The molecule has 1 saturated heterocycles. The molecule has 1 heterocycles. The third kappa shape index (κ3) is 5.00. The number of benzene rings is 2. The van der Waals surface area contributed by atoms with E-state index >= 15 is 0 Å². The fraction of sp³-hybridized carbons (Fsp3) is 0.458. The van der Waals surface area contributed by atoms with Crippen molar-refractivity contribution in [2.45, 2.75) is 24.8 Å². The predicted octanol–water partition coefficient (Wildman–Crippen LogP) is 3.94. The summed E-state index contributed by atoms with van der Waals surface area (Å²) in [5.74, 6) is 0.535. The molecule has 0 spiro atoms. The second-order valence-corrected chi connectivity index (χ2v) is 8.75. The lowest BCUT2D eigenvalue weighted by Crippen LogP contribution is -2.47. The normalized spacial score (nSPS) is 25.0. The minimum Gasteiger partial charge on any atom is -0.356 e. The van der Waals surface area contributed by atoms with Gasteiger partial charge in [-0.25, -0.2) is 0 Å². The van der Waals surface area contributed by atoms with Crippen molar-refractivity contribution in [3.8, 4) is 0 Å². The molecule has 29 heavy (non-hydrogen) atoms. The Labute approximate surface area is 178 Å². The van der Waals surface area contributed by atoms with Gasteiger partial charge in [0, 0.05) is 49.7 Å². The van der Waals surface area contributed by atoms with E-state index in [0.717, 1.165) is 56.2 Å². The Morgan fingerprint density at radius 2 is 1.86 bits per heavy atom. The molecule has 1 aliphatic heterocycles. The number of rotatable bonds is 7. The Morgan fingerprint density at radius 1 is 1.10 bits per heavy atom. The van der Waals surface area contributed by atoms with Gasteiger partial charge in [0.15, 0.2) is 0 Å². The predicted molar refractivity (Wildman–Crippen MR) is 118 cm³/mol. The van der Waals surface area contributed by atoms with Gasteiger partial charge in [-0.3, -0.25) is 9.69 Å². The molecule has 4 rings (SSSR count).